The molecule has 0 saturated heterocycles. The molecule has 182 valence electrons. The number of benzene rings is 2. The molecule has 1 amide bonds. The third-order valence-corrected chi connectivity index (χ3v) is 6.96. The van der Waals surface area contributed by atoms with Gasteiger partial charge in [-0.05, 0) is 64.1 Å². The summed E-state index contributed by atoms with van der Waals surface area (Å²) in [7, 11) is 0. The molecule has 2 aromatic heterocycles. The fraction of sp³-hybridized carbons (Fsp3) is 0.333. The number of anilines is 1. The average molecular weight is 490 g/mol. The van der Waals surface area contributed by atoms with E-state index in [0.717, 1.165) is 23.1 Å². The Morgan fingerprint density at radius 2 is 1.69 bits per heavy atom. The topological polar surface area (TPSA) is 80.1 Å². The summed E-state index contributed by atoms with van der Waals surface area (Å²) in [6, 6.07) is 17.5. The number of hydrogen-bond donors (Lipinski definition) is 1. The van der Waals surface area contributed by atoms with Gasteiger partial charge < -0.3 is 5.32 Å². The van der Waals surface area contributed by atoms with Crippen LogP contribution < -0.4 is 10.9 Å². The molecule has 35 heavy (non-hydrogen) atoms. The second-order valence-corrected chi connectivity index (χ2v) is 9.95. The van der Waals surface area contributed by atoms with Crippen LogP contribution in [0, 0.1) is 0 Å². The lowest BCUT2D eigenvalue weighted by molar-refractivity contribution is -0.113. The van der Waals surface area contributed by atoms with Gasteiger partial charge in [-0.15, -0.1) is 0 Å². The third-order valence-electron chi connectivity index (χ3n) is 5.99. The summed E-state index contributed by atoms with van der Waals surface area (Å²) in [6.45, 7) is 9.85. The number of nitrogens with one attached hydrogen (secondary N) is 1. The van der Waals surface area contributed by atoms with Crippen molar-refractivity contribution in [3.05, 3.63) is 71.1 Å². The van der Waals surface area contributed by atoms with Crippen molar-refractivity contribution in [2.75, 3.05) is 17.6 Å². The van der Waals surface area contributed by atoms with Crippen molar-refractivity contribution in [3.63, 3.8) is 0 Å². The number of pyridine rings is 1. The standard InChI is InChI=1S/C27H31N5O2S/c1-18(2)31(19(3)4)15-16-32-26(34)21-9-5-6-11-24(21)30-27(32)35-17-25(33)29-23-13-7-12-22-20(23)10-8-14-28-22/h5-14,18-19H,15-17H2,1-4H3,(H,29,33). The highest BCUT2D eigenvalue weighted by Gasteiger charge is 2.17. The zero-order valence-electron chi connectivity index (χ0n) is 20.6. The summed E-state index contributed by atoms with van der Waals surface area (Å²) < 4.78 is 1.71. The SMILES string of the molecule is CC(C)N(CCn1c(SCC(=O)Nc2cccc3ncccc23)nc2ccccc2c1=O)C(C)C. The van der Waals surface area contributed by atoms with Crippen LogP contribution >= 0.6 is 11.8 Å². The lowest BCUT2D eigenvalue weighted by Crippen LogP contribution is -2.40. The van der Waals surface area contributed by atoms with Gasteiger partial charge in [0, 0.05) is 36.8 Å². The van der Waals surface area contributed by atoms with Crippen molar-refractivity contribution in [2.24, 2.45) is 0 Å². The Morgan fingerprint density at radius 3 is 2.46 bits per heavy atom. The highest BCUT2D eigenvalue weighted by Crippen LogP contribution is 2.23. The first-order valence-corrected chi connectivity index (χ1v) is 12.9. The van der Waals surface area contributed by atoms with Gasteiger partial charge in [0.05, 0.1) is 27.9 Å². The maximum Gasteiger partial charge on any atom is 0.262 e. The van der Waals surface area contributed by atoms with Gasteiger partial charge in [0.15, 0.2) is 5.16 Å². The highest BCUT2D eigenvalue weighted by atomic mass is 32.2. The number of carbonyl (C=O) groups is 1. The van der Waals surface area contributed by atoms with E-state index in [-0.39, 0.29) is 17.2 Å². The lowest BCUT2D eigenvalue weighted by Gasteiger charge is -2.30. The normalized spacial score (nSPS) is 11.7. The fourth-order valence-corrected chi connectivity index (χ4v) is 5.14. The van der Waals surface area contributed by atoms with Crippen LogP contribution in [0.25, 0.3) is 21.8 Å². The van der Waals surface area contributed by atoms with Gasteiger partial charge >= 0.3 is 0 Å². The number of aromatic nitrogens is 3. The van der Waals surface area contributed by atoms with Crippen LogP contribution in [0.2, 0.25) is 0 Å². The monoisotopic (exact) mass is 489 g/mol. The number of thioether (sulfide) groups is 1. The zero-order chi connectivity index (χ0) is 24.9. The predicted octanol–water partition coefficient (Wildman–Crippen LogP) is 4.79. The second kappa shape index (κ2) is 11.0. The van der Waals surface area contributed by atoms with Gasteiger partial charge in [0.1, 0.15) is 0 Å². The molecule has 2 aromatic carbocycles. The number of amides is 1. The molecule has 0 atom stereocenters. The summed E-state index contributed by atoms with van der Waals surface area (Å²) >= 11 is 1.28. The summed E-state index contributed by atoms with van der Waals surface area (Å²) in [5, 5.41) is 5.01. The maximum absolute atomic E-state index is 13.4. The summed E-state index contributed by atoms with van der Waals surface area (Å²) in [6.07, 6.45) is 1.73. The van der Waals surface area contributed by atoms with Crippen molar-refractivity contribution >= 4 is 45.2 Å². The third kappa shape index (κ3) is 5.71. The van der Waals surface area contributed by atoms with Gasteiger partial charge in [0.25, 0.3) is 5.56 Å². The number of para-hydroxylation sites is 1. The van der Waals surface area contributed by atoms with Crippen LogP contribution in [0.1, 0.15) is 27.7 Å². The van der Waals surface area contributed by atoms with Crippen molar-refractivity contribution in [3.8, 4) is 0 Å². The minimum Gasteiger partial charge on any atom is -0.325 e. The Bertz CT molecular complexity index is 1390. The molecule has 0 aliphatic heterocycles. The first-order chi connectivity index (χ1) is 16.8. The molecule has 1 N–H and O–H groups in total. The Hall–Kier alpha value is -3.23. The Labute approximate surface area is 209 Å². The van der Waals surface area contributed by atoms with E-state index in [2.05, 4.69) is 42.9 Å². The van der Waals surface area contributed by atoms with Gasteiger partial charge in [-0.2, -0.15) is 0 Å². The summed E-state index contributed by atoms with van der Waals surface area (Å²) in [5.74, 6) is -0.0224. The van der Waals surface area contributed by atoms with Crippen LogP contribution in [0.4, 0.5) is 5.69 Å². The predicted molar refractivity (Wildman–Crippen MR) is 144 cm³/mol. The quantitative estimate of drug-likeness (QED) is 0.269. The number of rotatable bonds is 9. The molecular formula is C27H31N5O2S. The molecule has 0 spiro atoms. The summed E-state index contributed by atoms with van der Waals surface area (Å²) in [5.41, 5.74) is 2.10. The lowest BCUT2D eigenvalue weighted by atomic mass is 10.2. The number of nitrogens with zero attached hydrogens (tertiary/aromatic N) is 4. The molecule has 0 saturated carbocycles. The molecule has 2 heterocycles. The van der Waals surface area contributed by atoms with E-state index >= 15 is 0 Å². The average Bonchev–Trinajstić information content (AvgIpc) is 2.84. The molecule has 4 aromatic rings. The Kier molecular flexibility index (Phi) is 7.83. The molecule has 0 unspecified atom stereocenters. The van der Waals surface area contributed by atoms with Gasteiger partial charge in [0.2, 0.25) is 5.91 Å². The van der Waals surface area contributed by atoms with Crippen LogP contribution in [0.5, 0.6) is 0 Å². The maximum atomic E-state index is 13.4. The zero-order valence-corrected chi connectivity index (χ0v) is 21.4. The van der Waals surface area contributed by atoms with E-state index in [0.29, 0.717) is 34.7 Å². The Morgan fingerprint density at radius 1 is 0.971 bits per heavy atom. The van der Waals surface area contributed by atoms with Crippen LogP contribution in [-0.2, 0) is 11.3 Å². The minimum absolute atomic E-state index is 0.0777. The number of carbonyl (C=O) groups excluding carboxylic acids is 1. The minimum atomic E-state index is -0.161. The molecule has 0 aliphatic rings. The molecule has 0 bridgehead atoms. The number of hydrogen-bond acceptors (Lipinski definition) is 6. The van der Waals surface area contributed by atoms with Crippen molar-refractivity contribution in [1.82, 2.24) is 19.4 Å². The van der Waals surface area contributed by atoms with Gasteiger partial charge in [-0.25, -0.2) is 4.98 Å². The molecule has 4 rings (SSSR count). The van der Waals surface area contributed by atoms with Crippen molar-refractivity contribution in [2.45, 2.75) is 51.5 Å². The van der Waals surface area contributed by atoms with E-state index in [4.69, 9.17) is 4.98 Å². The fourth-order valence-electron chi connectivity index (χ4n) is 4.31. The van der Waals surface area contributed by atoms with Gasteiger partial charge in [-0.1, -0.05) is 30.0 Å². The second-order valence-electron chi connectivity index (χ2n) is 9.01. The molecule has 7 nitrogen and oxygen atoms in total. The first-order valence-electron chi connectivity index (χ1n) is 11.9. The highest BCUT2D eigenvalue weighted by molar-refractivity contribution is 7.99. The van der Waals surface area contributed by atoms with E-state index in [1.807, 2.05) is 48.5 Å². The van der Waals surface area contributed by atoms with E-state index in [1.54, 1.807) is 16.8 Å². The molecule has 0 radical (unpaired) electrons. The van der Waals surface area contributed by atoms with Crippen LogP contribution in [-0.4, -0.2) is 49.7 Å². The molecule has 0 fully saturated rings. The first kappa shape index (κ1) is 24.9. The van der Waals surface area contributed by atoms with E-state index in [9.17, 15) is 9.59 Å². The van der Waals surface area contributed by atoms with Crippen LogP contribution in [0.15, 0.2) is 70.7 Å². The van der Waals surface area contributed by atoms with Crippen molar-refractivity contribution < 1.29 is 4.79 Å². The summed E-state index contributed by atoms with van der Waals surface area (Å²) in [4.78, 5) is 37.7. The molecular weight excluding hydrogens is 458 g/mol. The van der Waals surface area contributed by atoms with Crippen LogP contribution in [0.3, 0.4) is 0 Å². The van der Waals surface area contributed by atoms with Crippen molar-refractivity contribution in [1.29, 1.82) is 0 Å². The molecule has 8 heteroatoms. The number of fused-ring (bicyclic) bond motifs is 2. The molecule has 0 aliphatic carbocycles. The Balaban J connectivity index is 1.57. The largest absolute Gasteiger partial charge is 0.325 e. The van der Waals surface area contributed by atoms with E-state index < -0.39 is 0 Å². The van der Waals surface area contributed by atoms with E-state index in [1.165, 1.54) is 11.8 Å². The smallest absolute Gasteiger partial charge is 0.262 e. The van der Waals surface area contributed by atoms with Gasteiger partial charge in [-0.3, -0.25) is 24.0 Å².